The van der Waals surface area contributed by atoms with E-state index in [9.17, 15) is 9.90 Å². The molecule has 0 spiro atoms. The second-order valence-corrected chi connectivity index (χ2v) is 6.99. The summed E-state index contributed by atoms with van der Waals surface area (Å²) < 4.78 is 5.18. The van der Waals surface area contributed by atoms with E-state index in [4.69, 9.17) is 4.74 Å². The van der Waals surface area contributed by atoms with Crippen LogP contribution in [-0.4, -0.2) is 60.4 Å². The third kappa shape index (κ3) is 6.32. The monoisotopic (exact) mass is 300 g/mol. The molecule has 0 aromatic carbocycles. The fourth-order valence-corrected chi connectivity index (χ4v) is 2.78. The molecule has 2 atom stereocenters. The van der Waals surface area contributed by atoms with E-state index in [1.54, 1.807) is 7.11 Å². The minimum Gasteiger partial charge on any atom is -0.480 e. The van der Waals surface area contributed by atoms with Crippen molar-refractivity contribution in [2.24, 2.45) is 5.92 Å². The van der Waals surface area contributed by atoms with Crippen LogP contribution in [0.1, 0.15) is 47.0 Å². The minimum absolute atomic E-state index is 0.204. The highest BCUT2D eigenvalue weighted by atomic mass is 16.5. The van der Waals surface area contributed by atoms with Crippen molar-refractivity contribution in [3.63, 3.8) is 0 Å². The average Bonchev–Trinajstić information content (AvgIpc) is 3.17. The van der Waals surface area contributed by atoms with E-state index in [0.29, 0.717) is 25.0 Å². The maximum Gasteiger partial charge on any atom is 0.323 e. The number of ether oxygens (including phenoxy) is 1. The molecule has 1 aliphatic rings. The summed E-state index contributed by atoms with van der Waals surface area (Å²) in [5.41, 5.74) is -0.844. The maximum atomic E-state index is 11.7. The van der Waals surface area contributed by atoms with Crippen LogP contribution in [0, 0.1) is 5.92 Å². The van der Waals surface area contributed by atoms with Crippen molar-refractivity contribution in [2.75, 3.05) is 26.8 Å². The molecule has 124 valence electrons. The van der Waals surface area contributed by atoms with Gasteiger partial charge in [-0.1, -0.05) is 13.8 Å². The number of aliphatic carboxylic acids is 1. The summed E-state index contributed by atoms with van der Waals surface area (Å²) in [6.45, 7) is 10.8. The number of carboxylic acid groups (broad SMARTS) is 1. The van der Waals surface area contributed by atoms with Crippen molar-refractivity contribution in [3.8, 4) is 0 Å². The van der Waals surface area contributed by atoms with Crippen molar-refractivity contribution in [1.82, 2.24) is 10.2 Å². The Labute approximate surface area is 129 Å². The van der Waals surface area contributed by atoms with Crippen molar-refractivity contribution >= 4 is 5.97 Å². The largest absolute Gasteiger partial charge is 0.480 e. The molecule has 2 N–H and O–H groups in total. The number of carboxylic acids is 1. The van der Waals surface area contributed by atoms with Gasteiger partial charge in [-0.15, -0.1) is 0 Å². The molecule has 0 aromatic heterocycles. The summed E-state index contributed by atoms with van der Waals surface area (Å²) in [4.78, 5) is 14.0. The lowest BCUT2D eigenvalue weighted by atomic mass is 9.92. The van der Waals surface area contributed by atoms with Gasteiger partial charge in [-0.2, -0.15) is 0 Å². The second-order valence-electron chi connectivity index (χ2n) is 6.99. The Morgan fingerprint density at radius 3 is 2.48 bits per heavy atom. The van der Waals surface area contributed by atoms with E-state index in [2.05, 4.69) is 31.0 Å². The number of hydrogen-bond donors (Lipinski definition) is 2. The van der Waals surface area contributed by atoms with Gasteiger partial charge in [-0.05, 0) is 39.0 Å². The van der Waals surface area contributed by atoms with Gasteiger partial charge in [0.15, 0.2) is 0 Å². The van der Waals surface area contributed by atoms with E-state index >= 15 is 0 Å². The van der Waals surface area contributed by atoms with Crippen LogP contribution in [-0.2, 0) is 9.53 Å². The number of nitrogens with zero attached hydrogens (tertiary/aromatic N) is 1. The SMILES string of the molecule is COCCN(CC(C)C)C(C)CC(C)(NC1CC1)C(=O)O. The zero-order chi connectivity index (χ0) is 16.0. The minimum atomic E-state index is -0.844. The fourth-order valence-electron chi connectivity index (χ4n) is 2.78. The number of carbonyl (C=O) groups is 1. The summed E-state index contributed by atoms with van der Waals surface area (Å²) in [7, 11) is 1.70. The van der Waals surface area contributed by atoms with E-state index in [1.165, 1.54) is 0 Å². The van der Waals surface area contributed by atoms with Gasteiger partial charge in [0.25, 0.3) is 0 Å². The number of nitrogens with one attached hydrogen (secondary N) is 1. The van der Waals surface area contributed by atoms with Crippen molar-refractivity contribution in [2.45, 2.75) is 64.6 Å². The Morgan fingerprint density at radius 1 is 1.43 bits per heavy atom. The third-order valence-corrected chi connectivity index (χ3v) is 4.08. The lowest BCUT2D eigenvalue weighted by Gasteiger charge is -2.36. The summed E-state index contributed by atoms with van der Waals surface area (Å²) in [5, 5.41) is 12.9. The first-order chi connectivity index (χ1) is 9.78. The molecular formula is C16H32N2O3. The van der Waals surface area contributed by atoms with Gasteiger partial charge in [0.05, 0.1) is 6.61 Å². The second kappa shape index (κ2) is 8.11. The standard InChI is InChI=1S/C16H32N2O3/c1-12(2)11-18(8-9-21-5)13(3)10-16(4,15(19)20)17-14-6-7-14/h12-14,17H,6-11H2,1-5H3,(H,19,20). The molecule has 0 aromatic rings. The van der Waals surface area contributed by atoms with Crippen LogP contribution >= 0.6 is 0 Å². The molecule has 0 saturated heterocycles. The third-order valence-electron chi connectivity index (χ3n) is 4.08. The molecule has 1 fully saturated rings. The van der Waals surface area contributed by atoms with Crippen LogP contribution in [0.15, 0.2) is 0 Å². The van der Waals surface area contributed by atoms with Crippen LogP contribution in [0.2, 0.25) is 0 Å². The molecule has 0 aliphatic heterocycles. The molecule has 0 radical (unpaired) electrons. The average molecular weight is 300 g/mol. The lowest BCUT2D eigenvalue weighted by molar-refractivity contribution is -0.145. The summed E-state index contributed by atoms with van der Waals surface area (Å²) in [6.07, 6.45) is 2.79. The summed E-state index contributed by atoms with van der Waals surface area (Å²) in [6, 6.07) is 0.589. The predicted octanol–water partition coefficient (Wildman–Crippen LogP) is 1.96. The van der Waals surface area contributed by atoms with Crippen molar-refractivity contribution < 1.29 is 14.6 Å². The number of hydrogen-bond acceptors (Lipinski definition) is 4. The molecule has 0 heterocycles. The van der Waals surface area contributed by atoms with Crippen molar-refractivity contribution in [3.05, 3.63) is 0 Å². The number of methoxy groups -OCH3 is 1. The molecule has 1 rings (SSSR count). The Kier molecular flexibility index (Phi) is 7.10. The fraction of sp³-hybridized carbons (Fsp3) is 0.938. The Bertz CT molecular complexity index is 331. The van der Waals surface area contributed by atoms with Crippen LogP contribution < -0.4 is 5.32 Å². The van der Waals surface area contributed by atoms with E-state index in [1.807, 2.05) is 6.92 Å². The molecule has 0 bridgehead atoms. The normalized spacial score (nSPS) is 19.8. The number of rotatable bonds is 11. The summed E-state index contributed by atoms with van der Waals surface area (Å²) in [5.74, 6) is -0.200. The van der Waals surface area contributed by atoms with Crippen LogP contribution in [0.3, 0.4) is 0 Å². The zero-order valence-electron chi connectivity index (χ0n) is 14.2. The molecule has 2 unspecified atom stereocenters. The summed E-state index contributed by atoms with van der Waals surface area (Å²) >= 11 is 0. The Hall–Kier alpha value is -0.650. The van der Waals surface area contributed by atoms with Gasteiger partial charge in [-0.25, -0.2) is 0 Å². The van der Waals surface area contributed by atoms with Gasteiger partial charge in [0, 0.05) is 32.3 Å². The van der Waals surface area contributed by atoms with Gasteiger partial charge in [0.2, 0.25) is 0 Å². The molecule has 0 amide bonds. The molecular weight excluding hydrogens is 268 g/mol. The van der Waals surface area contributed by atoms with E-state index in [0.717, 1.165) is 25.9 Å². The molecule has 5 nitrogen and oxygen atoms in total. The van der Waals surface area contributed by atoms with Crippen LogP contribution in [0.4, 0.5) is 0 Å². The first-order valence-corrected chi connectivity index (χ1v) is 8.02. The lowest BCUT2D eigenvalue weighted by Crippen LogP contribution is -2.54. The van der Waals surface area contributed by atoms with Crippen LogP contribution in [0.25, 0.3) is 0 Å². The van der Waals surface area contributed by atoms with Gasteiger partial charge in [-0.3, -0.25) is 15.0 Å². The topological polar surface area (TPSA) is 61.8 Å². The van der Waals surface area contributed by atoms with Gasteiger partial charge in [0.1, 0.15) is 5.54 Å². The highest BCUT2D eigenvalue weighted by molar-refractivity contribution is 5.78. The van der Waals surface area contributed by atoms with Crippen molar-refractivity contribution in [1.29, 1.82) is 0 Å². The first-order valence-electron chi connectivity index (χ1n) is 8.02. The highest BCUT2D eigenvalue weighted by Crippen LogP contribution is 2.26. The molecule has 21 heavy (non-hydrogen) atoms. The highest BCUT2D eigenvalue weighted by Gasteiger charge is 2.40. The zero-order valence-corrected chi connectivity index (χ0v) is 14.2. The molecule has 1 aliphatic carbocycles. The Balaban J connectivity index is 2.66. The molecule has 5 heteroatoms. The molecule has 1 saturated carbocycles. The quantitative estimate of drug-likeness (QED) is 0.611. The Morgan fingerprint density at radius 2 is 2.05 bits per heavy atom. The van der Waals surface area contributed by atoms with Gasteiger partial charge < -0.3 is 9.84 Å². The van der Waals surface area contributed by atoms with E-state index in [-0.39, 0.29) is 6.04 Å². The predicted molar refractivity (Wildman–Crippen MR) is 84.6 cm³/mol. The maximum absolute atomic E-state index is 11.7. The van der Waals surface area contributed by atoms with E-state index < -0.39 is 11.5 Å². The first kappa shape index (κ1) is 18.4. The van der Waals surface area contributed by atoms with Gasteiger partial charge >= 0.3 is 5.97 Å². The smallest absolute Gasteiger partial charge is 0.323 e. The van der Waals surface area contributed by atoms with Crippen LogP contribution in [0.5, 0.6) is 0 Å².